The molecular formula is C24H18F2N2O3. The quantitative estimate of drug-likeness (QED) is 0.382. The number of aliphatic hydroxyl groups is 1. The molecule has 4 rings (SSSR count). The molecule has 156 valence electrons. The summed E-state index contributed by atoms with van der Waals surface area (Å²) in [5.74, 6) is -4.21. The number of hydrogen-bond acceptors (Lipinski definition) is 4. The zero-order valence-corrected chi connectivity index (χ0v) is 16.8. The molecule has 0 aliphatic carbocycles. The molecule has 0 saturated carbocycles. The average Bonchev–Trinajstić information content (AvgIpc) is 3.01. The number of benzene rings is 2. The normalized spacial score (nSPS) is 17.9. The van der Waals surface area contributed by atoms with Crippen molar-refractivity contribution in [2.75, 3.05) is 4.90 Å². The van der Waals surface area contributed by atoms with E-state index >= 15 is 0 Å². The fourth-order valence-electron chi connectivity index (χ4n) is 3.71. The Kier molecular flexibility index (Phi) is 5.10. The van der Waals surface area contributed by atoms with E-state index in [4.69, 9.17) is 0 Å². The maximum Gasteiger partial charge on any atom is 0.300 e. The number of aromatic nitrogens is 1. The SMILES string of the molecule is Cc1ccc(C)c(/C(O)=C2\C(=O)C(=O)N(c3ccc(F)cc3F)C2c2ccccn2)c1. The number of Topliss-reactive ketones (excluding diaryl/α,β-unsaturated/α-hetero) is 1. The summed E-state index contributed by atoms with van der Waals surface area (Å²) in [4.78, 5) is 31.1. The van der Waals surface area contributed by atoms with Gasteiger partial charge in [0.1, 0.15) is 23.4 Å². The standard InChI is InChI=1S/C24H18F2N2O3/c1-13-6-7-14(2)16(11-13)22(29)20-21(18-5-3-4-10-27-18)28(24(31)23(20)30)19-9-8-15(25)12-17(19)26/h3-12,21,29H,1-2H3/b22-20+. The minimum atomic E-state index is -1.18. The molecule has 5 nitrogen and oxygen atoms in total. The van der Waals surface area contributed by atoms with Gasteiger partial charge in [-0.25, -0.2) is 8.78 Å². The second-order valence-corrected chi connectivity index (χ2v) is 7.34. The number of ketones is 1. The molecule has 2 aromatic carbocycles. The molecule has 7 heteroatoms. The van der Waals surface area contributed by atoms with Crippen molar-refractivity contribution >= 4 is 23.1 Å². The van der Waals surface area contributed by atoms with Gasteiger partial charge >= 0.3 is 0 Å². The maximum absolute atomic E-state index is 14.6. The van der Waals surface area contributed by atoms with E-state index in [0.717, 1.165) is 22.6 Å². The van der Waals surface area contributed by atoms with Crippen molar-refractivity contribution in [1.29, 1.82) is 0 Å². The number of carbonyl (C=O) groups excluding carboxylic acids is 2. The van der Waals surface area contributed by atoms with E-state index in [-0.39, 0.29) is 22.7 Å². The van der Waals surface area contributed by atoms with Crippen molar-refractivity contribution < 1.29 is 23.5 Å². The van der Waals surface area contributed by atoms with E-state index in [1.165, 1.54) is 6.20 Å². The van der Waals surface area contributed by atoms with E-state index < -0.39 is 29.4 Å². The van der Waals surface area contributed by atoms with Crippen LogP contribution in [-0.4, -0.2) is 21.8 Å². The van der Waals surface area contributed by atoms with Crippen LogP contribution in [0.4, 0.5) is 14.5 Å². The molecule has 1 N–H and O–H groups in total. The first-order chi connectivity index (χ1) is 14.8. The summed E-state index contributed by atoms with van der Waals surface area (Å²) in [6, 6.07) is 11.8. The number of aryl methyl sites for hydroxylation is 2. The smallest absolute Gasteiger partial charge is 0.300 e. The number of rotatable bonds is 3. The van der Waals surface area contributed by atoms with Crippen molar-refractivity contribution in [2.24, 2.45) is 0 Å². The minimum Gasteiger partial charge on any atom is -0.507 e. The fraction of sp³-hybridized carbons (Fsp3) is 0.125. The zero-order valence-electron chi connectivity index (χ0n) is 16.8. The van der Waals surface area contributed by atoms with Crippen LogP contribution < -0.4 is 4.90 Å². The molecule has 1 amide bonds. The first-order valence-corrected chi connectivity index (χ1v) is 9.54. The lowest BCUT2D eigenvalue weighted by Gasteiger charge is -2.25. The molecule has 31 heavy (non-hydrogen) atoms. The van der Waals surface area contributed by atoms with Crippen LogP contribution in [0.15, 0.2) is 66.4 Å². The van der Waals surface area contributed by atoms with Gasteiger partial charge in [-0.2, -0.15) is 0 Å². The highest BCUT2D eigenvalue weighted by Crippen LogP contribution is 2.42. The highest BCUT2D eigenvalue weighted by molar-refractivity contribution is 6.51. The zero-order chi connectivity index (χ0) is 22.3. The van der Waals surface area contributed by atoms with Gasteiger partial charge in [0.05, 0.1) is 17.0 Å². The van der Waals surface area contributed by atoms with Crippen LogP contribution in [0.5, 0.6) is 0 Å². The molecule has 1 aromatic heterocycles. The second kappa shape index (κ2) is 7.75. The molecule has 0 spiro atoms. The highest BCUT2D eigenvalue weighted by atomic mass is 19.1. The van der Waals surface area contributed by atoms with Crippen LogP contribution in [0.25, 0.3) is 5.76 Å². The Hall–Kier alpha value is -3.87. The largest absolute Gasteiger partial charge is 0.507 e. The van der Waals surface area contributed by atoms with Gasteiger partial charge in [0.25, 0.3) is 11.7 Å². The number of carbonyl (C=O) groups is 2. The van der Waals surface area contributed by atoms with Crippen molar-refractivity contribution in [1.82, 2.24) is 4.98 Å². The summed E-state index contributed by atoms with van der Waals surface area (Å²) in [5, 5.41) is 11.1. The summed E-state index contributed by atoms with van der Waals surface area (Å²) in [6.07, 6.45) is 1.47. The Morgan fingerprint density at radius 2 is 1.81 bits per heavy atom. The highest BCUT2D eigenvalue weighted by Gasteiger charge is 2.48. The Bertz CT molecular complexity index is 1240. The van der Waals surface area contributed by atoms with E-state index in [9.17, 15) is 23.5 Å². The van der Waals surface area contributed by atoms with Gasteiger partial charge in [0.15, 0.2) is 0 Å². The van der Waals surface area contributed by atoms with Gasteiger partial charge in [0.2, 0.25) is 0 Å². The van der Waals surface area contributed by atoms with Gasteiger partial charge in [-0.05, 0) is 49.7 Å². The molecule has 3 aromatic rings. The fourth-order valence-corrected chi connectivity index (χ4v) is 3.71. The Morgan fingerprint density at radius 3 is 2.48 bits per heavy atom. The lowest BCUT2D eigenvalue weighted by atomic mass is 9.95. The molecule has 1 saturated heterocycles. The maximum atomic E-state index is 14.6. The van der Waals surface area contributed by atoms with Crippen molar-refractivity contribution in [3.63, 3.8) is 0 Å². The van der Waals surface area contributed by atoms with E-state index in [1.807, 2.05) is 13.0 Å². The number of pyridine rings is 1. The van der Waals surface area contributed by atoms with Crippen LogP contribution in [-0.2, 0) is 9.59 Å². The Labute approximate surface area is 177 Å². The Morgan fingerprint density at radius 1 is 1.03 bits per heavy atom. The van der Waals surface area contributed by atoms with Crippen LogP contribution >= 0.6 is 0 Å². The summed E-state index contributed by atoms with van der Waals surface area (Å²) in [5.41, 5.74) is 1.71. The Balaban J connectivity index is 2.00. The average molecular weight is 420 g/mol. The lowest BCUT2D eigenvalue weighted by Crippen LogP contribution is -2.30. The van der Waals surface area contributed by atoms with Crippen molar-refractivity contribution in [3.05, 3.63) is 100 Å². The van der Waals surface area contributed by atoms with Crippen molar-refractivity contribution in [2.45, 2.75) is 19.9 Å². The molecule has 1 aliphatic heterocycles. The van der Waals surface area contributed by atoms with E-state index in [1.54, 1.807) is 37.3 Å². The number of nitrogens with zero attached hydrogens (tertiary/aromatic N) is 2. The van der Waals surface area contributed by atoms with E-state index in [2.05, 4.69) is 4.98 Å². The predicted molar refractivity (Wildman–Crippen MR) is 111 cm³/mol. The number of aliphatic hydroxyl groups excluding tert-OH is 1. The molecule has 1 aliphatic rings. The van der Waals surface area contributed by atoms with Crippen LogP contribution in [0.1, 0.15) is 28.4 Å². The van der Waals surface area contributed by atoms with Gasteiger partial charge in [0, 0.05) is 17.8 Å². The monoisotopic (exact) mass is 420 g/mol. The van der Waals surface area contributed by atoms with Gasteiger partial charge < -0.3 is 5.11 Å². The molecule has 0 radical (unpaired) electrons. The number of anilines is 1. The third-order valence-electron chi connectivity index (χ3n) is 5.23. The topological polar surface area (TPSA) is 70.5 Å². The van der Waals surface area contributed by atoms with E-state index in [0.29, 0.717) is 17.2 Å². The molecule has 1 atom stereocenters. The number of amides is 1. The molecule has 1 unspecified atom stereocenters. The van der Waals surface area contributed by atoms with Crippen LogP contribution in [0.2, 0.25) is 0 Å². The lowest BCUT2D eigenvalue weighted by molar-refractivity contribution is -0.132. The van der Waals surface area contributed by atoms with Gasteiger partial charge in [-0.3, -0.25) is 19.5 Å². The third kappa shape index (κ3) is 3.48. The first kappa shape index (κ1) is 20.4. The number of halogens is 2. The third-order valence-corrected chi connectivity index (χ3v) is 5.23. The summed E-state index contributed by atoms with van der Waals surface area (Å²) in [7, 11) is 0. The molecule has 1 fully saturated rings. The second-order valence-electron chi connectivity index (χ2n) is 7.34. The van der Waals surface area contributed by atoms with Crippen LogP contribution in [0.3, 0.4) is 0 Å². The molecular weight excluding hydrogens is 402 g/mol. The summed E-state index contributed by atoms with van der Waals surface area (Å²) >= 11 is 0. The van der Waals surface area contributed by atoms with Gasteiger partial charge in [-0.1, -0.05) is 23.8 Å². The van der Waals surface area contributed by atoms with Crippen molar-refractivity contribution in [3.8, 4) is 0 Å². The summed E-state index contributed by atoms with van der Waals surface area (Å²) in [6.45, 7) is 3.60. The van der Waals surface area contributed by atoms with Gasteiger partial charge in [-0.15, -0.1) is 0 Å². The van der Waals surface area contributed by atoms with Crippen LogP contribution in [0, 0.1) is 25.5 Å². The molecule has 2 heterocycles. The predicted octanol–water partition coefficient (Wildman–Crippen LogP) is 4.60. The molecule has 0 bridgehead atoms. The first-order valence-electron chi connectivity index (χ1n) is 9.54. The summed E-state index contributed by atoms with van der Waals surface area (Å²) < 4.78 is 28.1. The number of hydrogen-bond donors (Lipinski definition) is 1. The minimum absolute atomic E-state index is 0.207.